The second-order valence-corrected chi connectivity index (χ2v) is 4.79. The molecule has 19 heavy (non-hydrogen) atoms. The van der Waals surface area contributed by atoms with E-state index in [-0.39, 0.29) is 30.9 Å². The molecule has 0 amide bonds. The number of benzene rings is 1. The summed E-state index contributed by atoms with van der Waals surface area (Å²) in [6, 6.07) is 5.61. The van der Waals surface area contributed by atoms with Crippen LogP contribution < -0.4 is 10.6 Å². The molecule has 0 aliphatic rings. The standard InChI is InChI=1S/C12H18Cl2N2O.2ClH/c1-9(17)7-15-4-5-16-8-10-2-3-11(13)12(14)6-10;;/h2-3,6,9,15-17H,4-5,7-8H2,1H3;2*1H. The molecule has 0 saturated carbocycles. The molecule has 3 nitrogen and oxygen atoms in total. The molecule has 0 saturated heterocycles. The van der Waals surface area contributed by atoms with Gasteiger partial charge in [-0.3, -0.25) is 0 Å². The van der Waals surface area contributed by atoms with E-state index in [4.69, 9.17) is 28.3 Å². The van der Waals surface area contributed by atoms with Crippen molar-refractivity contribution in [3.05, 3.63) is 33.8 Å². The van der Waals surface area contributed by atoms with E-state index in [1.807, 2.05) is 12.1 Å². The van der Waals surface area contributed by atoms with Crippen LogP contribution in [-0.2, 0) is 6.54 Å². The summed E-state index contributed by atoms with van der Waals surface area (Å²) in [6.45, 7) is 4.80. The molecule has 1 aromatic carbocycles. The Hall–Kier alpha value is 0.260. The van der Waals surface area contributed by atoms with E-state index in [1.54, 1.807) is 13.0 Å². The van der Waals surface area contributed by atoms with E-state index in [0.29, 0.717) is 16.6 Å². The fourth-order valence-electron chi connectivity index (χ4n) is 1.37. The molecule has 7 heteroatoms. The first-order valence-electron chi connectivity index (χ1n) is 5.63. The zero-order chi connectivity index (χ0) is 12.7. The maximum absolute atomic E-state index is 9.03. The van der Waals surface area contributed by atoms with Crippen molar-refractivity contribution in [3.63, 3.8) is 0 Å². The van der Waals surface area contributed by atoms with E-state index in [2.05, 4.69) is 10.6 Å². The van der Waals surface area contributed by atoms with Crippen LogP contribution in [-0.4, -0.2) is 30.8 Å². The lowest BCUT2D eigenvalue weighted by Crippen LogP contribution is -2.31. The molecule has 0 bridgehead atoms. The number of nitrogens with one attached hydrogen (secondary N) is 2. The van der Waals surface area contributed by atoms with Gasteiger partial charge < -0.3 is 15.7 Å². The SMILES string of the molecule is CC(O)CNCCNCc1ccc(Cl)c(Cl)c1.Cl.Cl. The Kier molecular flexibility index (Phi) is 13.7. The average Bonchev–Trinajstić information content (AvgIpc) is 2.27. The molecule has 0 fully saturated rings. The predicted octanol–water partition coefficient (Wildman–Crippen LogP) is 2.90. The summed E-state index contributed by atoms with van der Waals surface area (Å²) in [7, 11) is 0. The molecule has 3 N–H and O–H groups in total. The molecule has 1 unspecified atom stereocenters. The number of rotatable bonds is 7. The highest BCUT2D eigenvalue weighted by molar-refractivity contribution is 6.42. The van der Waals surface area contributed by atoms with Crippen LogP contribution in [0.5, 0.6) is 0 Å². The molecule has 0 radical (unpaired) electrons. The Bertz CT molecular complexity index is 351. The zero-order valence-electron chi connectivity index (χ0n) is 10.7. The Balaban J connectivity index is 0. The van der Waals surface area contributed by atoms with Crippen molar-refractivity contribution < 1.29 is 5.11 Å². The van der Waals surface area contributed by atoms with Gasteiger partial charge in [0.15, 0.2) is 0 Å². The molecule has 0 aromatic heterocycles. The van der Waals surface area contributed by atoms with Crippen LogP contribution in [0.3, 0.4) is 0 Å². The van der Waals surface area contributed by atoms with Crippen LogP contribution >= 0.6 is 48.0 Å². The summed E-state index contributed by atoms with van der Waals surface area (Å²) in [5.74, 6) is 0. The Labute approximate surface area is 136 Å². The van der Waals surface area contributed by atoms with Crippen molar-refractivity contribution in [3.8, 4) is 0 Å². The molecule has 0 spiro atoms. The summed E-state index contributed by atoms with van der Waals surface area (Å²) >= 11 is 11.7. The second kappa shape index (κ2) is 12.0. The number of hydrogen-bond donors (Lipinski definition) is 3. The van der Waals surface area contributed by atoms with Crippen LogP contribution in [0.2, 0.25) is 10.0 Å². The number of hydrogen-bond acceptors (Lipinski definition) is 3. The third-order valence-corrected chi connectivity index (χ3v) is 2.97. The lowest BCUT2D eigenvalue weighted by molar-refractivity contribution is 0.191. The topological polar surface area (TPSA) is 44.3 Å². The maximum Gasteiger partial charge on any atom is 0.0636 e. The minimum absolute atomic E-state index is 0. The van der Waals surface area contributed by atoms with Crippen molar-refractivity contribution in [2.24, 2.45) is 0 Å². The molecule has 0 aliphatic heterocycles. The van der Waals surface area contributed by atoms with Gasteiger partial charge in [-0.05, 0) is 24.6 Å². The van der Waals surface area contributed by atoms with E-state index >= 15 is 0 Å². The number of aliphatic hydroxyl groups excluding tert-OH is 1. The van der Waals surface area contributed by atoms with Crippen LogP contribution in [0.15, 0.2) is 18.2 Å². The second-order valence-electron chi connectivity index (χ2n) is 3.98. The lowest BCUT2D eigenvalue weighted by Gasteiger charge is -2.08. The van der Waals surface area contributed by atoms with Crippen molar-refractivity contribution in [1.29, 1.82) is 0 Å². The number of aliphatic hydroxyl groups is 1. The van der Waals surface area contributed by atoms with Crippen molar-refractivity contribution in [2.45, 2.75) is 19.6 Å². The molecule has 1 atom stereocenters. The summed E-state index contributed by atoms with van der Waals surface area (Å²) in [5.41, 5.74) is 1.11. The molecule has 1 rings (SSSR count). The monoisotopic (exact) mass is 348 g/mol. The van der Waals surface area contributed by atoms with Gasteiger partial charge >= 0.3 is 0 Å². The Morgan fingerprint density at radius 3 is 2.32 bits per heavy atom. The molecule has 0 heterocycles. The van der Waals surface area contributed by atoms with E-state index in [9.17, 15) is 0 Å². The van der Waals surface area contributed by atoms with Crippen molar-refractivity contribution in [1.82, 2.24) is 10.6 Å². The smallest absolute Gasteiger partial charge is 0.0636 e. The predicted molar refractivity (Wildman–Crippen MR) is 87.2 cm³/mol. The molecular weight excluding hydrogens is 330 g/mol. The normalized spacial score (nSPS) is 11.4. The third kappa shape index (κ3) is 9.74. The third-order valence-electron chi connectivity index (χ3n) is 2.23. The van der Waals surface area contributed by atoms with E-state index in [0.717, 1.165) is 25.2 Å². The highest BCUT2D eigenvalue weighted by Crippen LogP contribution is 2.22. The number of halogens is 4. The first kappa shape index (κ1) is 21.6. The van der Waals surface area contributed by atoms with Gasteiger partial charge in [0.05, 0.1) is 16.1 Å². The van der Waals surface area contributed by atoms with E-state index in [1.165, 1.54) is 0 Å². The molecule has 1 aromatic rings. The Morgan fingerprint density at radius 1 is 1.11 bits per heavy atom. The lowest BCUT2D eigenvalue weighted by atomic mass is 10.2. The van der Waals surface area contributed by atoms with Crippen molar-refractivity contribution >= 4 is 48.0 Å². The molecular formula is C12H20Cl4N2O. The van der Waals surface area contributed by atoms with Gasteiger partial charge in [-0.2, -0.15) is 0 Å². The summed E-state index contributed by atoms with van der Waals surface area (Å²) in [6.07, 6.45) is -0.301. The summed E-state index contributed by atoms with van der Waals surface area (Å²) in [4.78, 5) is 0. The molecule has 112 valence electrons. The van der Waals surface area contributed by atoms with Crippen LogP contribution in [0.1, 0.15) is 12.5 Å². The fourth-order valence-corrected chi connectivity index (χ4v) is 1.69. The highest BCUT2D eigenvalue weighted by atomic mass is 35.5. The van der Waals surface area contributed by atoms with Crippen LogP contribution in [0.4, 0.5) is 0 Å². The highest BCUT2D eigenvalue weighted by Gasteiger charge is 1.99. The first-order valence-corrected chi connectivity index (χ1v) is 6.38. The van der Waals surface area contributed by atoms with Crippen LogP contribution in [0.25, 0.3) is 0 Å². The largest absolute Gasteiger partial charge is 0.392 e. The first-order chi connectivity index (χ1) is 8.09. The summed E-state index contributed by atoms with van der Waals surface area (Å²) in [5, 5.41) is 16.6. The average molecular weight is 350 g/mol. The summed E-state index contributed by atoms with van der Waals surface area (Å²) < 4.78 is 0. The quantitative estimate of drug-likeness (QED) is 0.663. The Morgan fingerprint density at radius 2 is 1.74 bits per heavy atom. The van der Waals surface area contributed by atoms with Gasteiger partial charge in [0.25, 0.3) is 0 Å². The minimum atomic E-state index is -0.301. The van der Waals surface area contributed by atoms with E-state index < -0.39 is 0 Å². The van der Waals surface area contributed by atoms with Gasteiger partial charge in [0.2, 0.25) is 0 Å². The van der Waals surface area contributed by atoms with Crippen LogP contribution in [0, 0.1) is 0 Å². The molecule has 0 aliphatic carbocycles. The van der Waals surface area contributed by atoms with Gasteiger partial charge in [0.1, 0.15) is 0 Å². The fraction of sp³-hybridized carbons (Fsp3) is 0.500. The van der Waals surface area contributed by atoms with Gasteiger partial charge in [-0.15, -0.1) is 24.8 Å². The zero-order valence-corrected chi connectivity index (χ0v) is 13.8. The van der Waals surface area contributed by atoms with Gasteiger partial charge in [-0.25, -0.2) is 0 Å². The van der Waals surface area contributed by atoms with Crippen molar-refractivity contribution in [2.75, 3.05) is 19.6 Å². The minimum Gasteiger partial charge on any atom is -0.392 e. The maximum atomic E-state index is 9.03. The van der Waals surface area contributed by atoms with Gasteiger partial charge in [0, 0.05) is 26.2 Å². The van der Waals surface area contributed by atoms with Gasteiger partial charge in [-0.1, -0.05) is 29.3 Å².